The fraction of sp³-hybridized carbons (Fsp3) is 0.889. The van der Waals surface area contributed by atoms with Crippen LogP contribution < -0.4 is 5.32 Å². The number of nitrogens with zero attached hydrogens (tertiary/aromatic N) is 1. The molecule has 1 saturated carbocycles. The Kier molecular flexibility index (Phi) is 1.83. The highest BCUT2D eigenvalue weighted by Gasteiger charge is 2.38. The summed E-state index contributed by atoms with van der Waals surface area (Å²) in [4.78, 5) is 13.5. The zero-order valence-corrected chi connectivity index (χ0v) is 7.71. The van der Waals surface area contributed by atoms with E-state index in [0.29, 0.717) is 6.04 Å². The van der Waals surface area contributed by atoms with E-state index in [4.69, 9.17) is 0 Å². The van der Waals surface area contributed by atoms with Crippen LogP contribution in [0.1, 0.15) is 26.7 Å². The maximum absolute atomic E-state index is 11.5. The second-order valence-corrected chi connectivity index (χ2v) is 4.12. The van der Waals surface area contributed by atoms with Crippen LogP contribution in [0.15, 0.2) is 0 Å². The van der Waals surface area contributed by atoms with Crippen molar-refractivity contribution in [2.24, 2.45) is 5.92 Å². The lowest BCUT2D eigenvalue weighted by atomic mass is 9.81. The first-order chi connectivity index (χ1) is 5.68. The molecule has 1 heterocycles. The van der Waals surface area contributed by atoms with Crippen LogP contribution in [-0.2, 0) is 4.79 Å². The van der Waals surface area contributed by atoms with E-state index >= 15 is 0 Å². The van der Waals surface area contributed by atoms with E-state index in [0.717, 1.165) is 12.6 Å². The molecule has 1 atom stereocenters. The third kappa shape index (κ3) is 1.12. The van der Waals surface area contributed by atoms with Gasteiger partial charge in [0, 0.05) is 6.04 Å². The Morgan fingerprint density at radius 3 is 2.50 bits per heavy atom. The molecule has 0 aromatic heterocycles. The average molecular weight is 168 g/mol. The fourth-order valence-corrected chi connectivity index (χ4v) is 2.07. The van der Waals surface area contributed by atoms with Gasteiger partial charge in [0.1, 0.15) is 0 Å². The van der Waals surface area contributed by atoms with Crippen LogP contribution in [0.25, 0.3) is 0 Å². The summed E-state index contributed by atoms with van der Waals surface area (Å²) in [5.41, 5.74) is 0. The lowest BCUT2D eigenvalue weighted by Crippen LogP contribution is -2.45. The van der Waals surface area contributed by atoms with Crippen LogP contribution in [0, 0.1) is 5.92 Å². The van der Waals surface area contributed by atoms with Crippen LogP contribution in [0.5, 0.6) is 0 Å². The van der Waals surface area contributed by atoms with E-state index in [1.165, 1.54) is 12.8 Å². The van der Waals surface area contributed by atoms with Crippen molar-refractivity contribution in [1.82, 2.24) is 10.2 Å². The SMILES string of the molecule is CC1CC(N2CNC(C)C2=O)C1. The molecule has 1 saturated heterocycles. The molecule has 0 aromatic carbocycles. The highest BCUT2D eigenvalue weighted by atomic mass is 16.2. The normalized spacial score (nSPS) is 41.7. The molecule has 0 radical (unpaired) electrons. The minimum Gasteiger partial charge on any atom is -0.326 e. The summed E-state index contributed by atoms with van der Waals surface area (Å²) >= 11 is 0. The van der Waals surface area contributed by atoms with Gasteiger partial charge in [-0.05, 0) is 25.7 Å². The maximum Gasteiger partial charge on any atom is 0.240 e. The van der Waals surface area contributed by atoms with Gasteiger partial charge in [-0.2, -0.15) is 0 Å². The molecule has 1 aliphatic heterocycles. The molecular weight excluding hydrogens is 152 g/mol. The van der Waals surface area contributed by atoms with Gasteiger partial charge in [0.25, 0.3) is 0 Å². The highest BCUT2D eigenvalue weighted by Crippen LogP contribution is 2.32. The molecule has 1 unspecified atom stereocenters. The van der Waals surface area contributed by atoms with Crippen LogP contribution in [0.4, 0.5) is 0 Å². The van der Waals surface area contributed by atoms with Gasteiger partial charge in [-0.15, -0.1) is 0 Å². The van der Waals surface area contributed by atoms with Gasteiger partial charge in [0.15, 0.2) is 0 Å². The summed E-state index contributed by atoms with van der Waals surface area (Å²) in [6, 6.07) is 0.575. The first-order valence-electron chi connectivity index (χ1n) is 4.72. The van der Waals surface area contributed by atoms with Gasteiger partial charge < -0.3 is 4.90 Å². The van der Waals surface area contributed by atoms with Crippen molar-refractivity contribution in [3.8, 4) is 0 Å². The molecule has 0 bridgehead atoms. The maximum atomic E-state index is 11.5. The van der Waals surface area contributed by atoms with Crippen molar-refractivity contribution in [3.63, 3.8) is 0 Å². The Labute approximate surface area is 73.1 Å². The predicted molar refractivity (Wildman–Crippen MR) is 46.5 cm³/mol. The number of carbonyl (C=O) groups is 1. The zero-order chi connectivity index (χ0) is 8.72. The lowest BCUT2D eigenvalue weighted by molar-refractivity contribution is -0.132. The Hall–Kier alpha value is -0.570. The molecule has 1 aliphatic carbocycles. The second-order valence-electron chi connectivity index (χ2n) is 4.12. The number of nitrogens with one attached hydrogen (secondary N) is 1. The molecule has 2 fully saturated rings. The smallest absolute Gasteiger partial charge is 0.240 e. The van der Waals surface area contributed by atoms with Crippen molar-refractivity contribution in [2.75, 3.05) is 6.67 Å². The molecule has 1 N–H and O–H groups in total. The molecule has 1 amide bonds. The zero-order valence-electron chi connectivity index (χ0n) is 7.71. The van der Waals surface area contributed by atoms with Gasteiger partial charge in [-0.1, -0.05) is 6.92 Å². The average Bonchev–Trinajstić information content (AvgIpc) is 2.28. The Morgan fingerprint density at radius 2 is 2.08 bits per heavy atom. The van der Waals surface area contributed by atoms with Gasteiger partial charge in [0.05, 0.1) is 12.7 Å². The third-order valence-electron chi connectivity index (χ3n) is 3.01. The Balaban J connectivity index is 1.93. The fourth-order valence-electron chi connectivity index (χ4n) is 2.07. The number of hydrogen-bond donors (Lipinski definition) is 1. The molecule has 3 heteroatoms. The first kappa shape index (κ1) is 8.05. The first-order valence-corrected chi connectivity index (χ1v) is 4.72. The highest BCUT2D eigenvalue weighted by molar-refractivity contribution is 5.83. The molecule has 3 nitrogen and oxygen atoms in total. The summed E-state index contributed by atoms with van der Waals surface area (Å²) in [7, 11) is 0. The molecule has 68 valence electrons. The molecule has 2 aliphatic rings. The standard InChI is InChI=1S/C9H16N2O/c1-6-3-8(4-6)11-5-10-7(2)9(11)12/h6-8,10H,3-5H2,1-2H3. The van der Waals surface area contributed by atoms with Crippen molar-refractivity contribution in [3.05, 3.63) is 0 Å². The van der Waals surface area contributed by atoms with Gasteiger partial charge >= 0.3 is 0 Å². The van der Waals surface area contributed by atoms with E-state index < -0.39 is 0 Å². The van der Waals surface area contributed by atoms with E-state index in [1.54, 1.807) is 0 Å². The van der Waals surface area contributed by atoms with Crippen molar-refractivity contribution >= 4 is 5.91 Å². The molecule has 0 spiro atoms. The van der Waals surface area contributed by atoms with Gasteiger partial charge in [0.2, 0.25) is 5.91 Å². The van der Waals surface area contributed by atoms with Crippen molar-refractivity contribution in [1.29, 1.82) is 0 Å². The minimum absolute atomic E-state index is 0.0425. The number of hydrogen-bond acceptors (Lipinski definition) is 2. The molecular formula is C9H16N2O. The van der Waals surface area contributed by atoms with Crippen LogP contribution in [-0.4, -0.2) is 29.6 Å². The van der Waals surface area contributed by atoms with E-state index in [-0.39, 0.29) is 11.9 Å². The van der Waals surface area contributed by atoms with E-state index in [1.807, 2.05) is 11.8 Å². The van der Waals surface area contributed by atoms with Gasteiger partial charge in [-0.3, -0.25) is 10.1 Å². The van der Waals surface area contributed by atoms with Crippen molar-refractivity contribution in [2.45, 2.75) is 38.8 Å². The molecule has 2 rings (SSSR count). The number of carbonyl (C=O) groups excluding carboxylic acids is 1. The Morgan fingerprint density at radius 1 is 1.42 bits per heavy atom. The van der Waals surface area contributed by atoms with Crippen LogP contribution >= 0.6 is 0 Å². The van der Waals surface area contributed by atoms with E-state index in [2.05, 4.69) is 12.2 Å². The Bertz CT molecular complexity index is 199. The summed E-state index contributed by atoms with van der Waals surface area (Å²) in [5, 5.41) is 3.16. The summed E-state index contributed by atoms with van der Waals surface area (Å²) in [5.74, 6) is 1.10. The van der Waals surface area contributed by atoms with Crippen LogP contribution in [0.2, 0.25) is 0 Å². The second kappa shape index (κ2) is 2.73. The molecule has 0 aromatic rings. The summed E-state index contributed by atoms with van der Waals surface area (Å²) in [6.45, 7) is 4.94. The largest absolute Gasteiger partial charge is 0.326 e. The predicted octanol–water partition coefficient (Wildman–Crippen LogP) is 0.563. The lowest BCUT2D eigenvalue weighted by Gasteiger charge is -2.39. The van der Waals surface area contributed by atoms with Gasteiger partial charge in [-0.25, -0.2) is 0 Å². The van der Waals surface area contributed by atoms with Crippen LogP contribution in [0.3, 0.4) is 0 Å². The number of rotatable bonds is 1. The topological polar surface area (TPSA) is 32.3 Å². The molecule has 12 heavy (non-hydrogen) atoms. The quantitative estimate of drug-likeness (QED) is 0.620. The minimum atomic E-state index is 0.0425. The summed E-state index contributed by atoms with van der Waals surface area (Å²) < 4.78 is 0. The number of amides is 1. The van der Waals surface area contributed by atoms with E-state index in [9.17, 15) is 4.79 Å². The monoisotopic (exact) mass is 168 g/mol. The van der Waals surface area contributed by atoms with Crippen molar-refractivity contribution < 1.29 is 4.79 Å². The summed E-state index contributed by atoms with van der Waals surface area (Å²) in [6.07, 6.45) is 2.39. The third-order valence-corrected chi connectivity index (χ3v) is 3.01.